The topological polar surface area (TPSA) is 93.1 Å². The van der Waals surface area contributed by atoms with Gasteiger partial charge in [-0.15, -0.1) is 0 Å². The average molecular weight is 589 g/mol. The summed E-state index contributed by atoms with van der Waals surface area (Å²) in [4.78, 5) is 23.8. The van der Waals surface area contributed by atoms with E-state index in [0.717, 1.165) is 50.9 Å². The Balaban J connectivity index is 3.73. The Morgan fingerprint density at radius 1 is 0.619 bits per heavy atom. The van der Waals surface area contributed by atoms with Crippen LogP contribution < -0.4 is 0 Å². The Labute approximate surface area is 256 Å². The number of aliphatic hydroxyl groups is 2. The number of carbonyl (C=O) groups excluding carboxylic acids is 2. The van der Waals surface area contributed by atoms with Crippen LogP contribution >= 0.6 is 0 Å². The summed E-state index contributed by atoms with van der Waals surface area (Å²) in [6.07, 6.45) is 33.2. The molecular formula is C36H60O6. The molecule has 0 fully saturated rings. The molecule has 0 aromatic heterocycles. The molecular weight excluding hydrogens is 528 g/mol. The minimum Gasteiger partial charge on any atom is -0.463 e. The van der Waals surface area contributed by atoms with E-state index < -0.39 is 18.2 Å². The largest absolute Gasteiger partial charge is 0.463 e. The molecule has 0 bridgehead atoms. The van der Waals surface area contributed by atoms with Gasteiger partial charge in [-0.05, 0) is 50.9 Å². The number of rotatable bonds is 27. The van der Waals surface area contributed by atoms with Gasteiger partial charge >= 0.3 is 11.9 Å². The summed E-state index contributed by atoms with van der Waals surface area (Å²) in [6.45, 7) is 6.26. The number of aliphatic hydroxyl groups excluding tert-OH is 2. The maximum Gasteiger partial charge on any atom is 0.305 e. The molecule has 42 heavy (non-hydrogen) atoms. The van der Waals surface area contributed by atoms with E-state index in [-0.39, 0.29) is 25.6 Å². The van der Waals surface area contributed by atoms with E-state index in [9.17, 15) is 19.8 Å². The van der Waals surface area contributed by atoms with Gasteiger partial charge in [-0.1, -0.05) is 126 Å². The molecule has 0 aromatic rings. The molecule has 1 unspecified atom stereocenters. The van der Waals surface area contributed by atoms with Crippen molar-refractivity contribution in [3.05, 3.63) is 60.8 Å². The molecule has 2 atom stereocenters. The molecule has 6 nitrogen and oxygen atoms in total. The number of allylic oxidation sites excluding steroid dienone is 9. The maximum atomic E-state index is 11.9. The van der Waals surface area contributed by atoms with Crippen molar-refractivity contribution in [3.8, 4) is 0 Å². The van der Waals surface area contributed by atoms with Crippen molar-refractivity contribution in [1.82, 2.24) is 0 Å². The van der Waals surface area contributed by atoms with Gasteiger partial charge in [0.15, 0.2) is 0 Å². The Kier molecular flexibility index (Phi) is 28.3. The molecule has 0 rings (SSSR count). The van der Waals surface area contributed by atoms with Crippen LogP contribution in [0.5, 0.6) is 0 Å². The zero-order valence-electron chi connectivity index (χ0n) is 26.8. The standard InChI is InChI=1S/C36H60O6/c1-4-5-6-7-8-9-10-11-12-13-16-19-22-26-33(37)27-24-29-36(40)42-31-34(38)30-41-35(39)28-23-20-17-14-15-18-21-25-32(2)3/h5-6,8-9,11-12,16,19,22,26,32-34,37-38H,4,7,10,13-15,17-18,20-21,23-25,27-31H2,1-3H3/b6-5-,9-8-,12-11-,19-16-,26-22+/t33?,34-/m1/s1. The van der Waals surface area contributed by atoms with Crippen molar-refractivity contribution >= 4 is 11.9 Å². The first-order valence-electron chi connectivity index (χ1n) is 16.3. The van der Waals surface area contributed by atoms with E-state index in [1.165, 1.54) is 32.1 Å². The lowest BCUT2D eigenvalue weighted by molar-refractivity contribution is -0.152. The third-order valence-corrected chi connectivity index (χ3v) is 6.55. The molecule has 0 spiro atoms. The summed E-state index contributed by atoms with van der Waals surface area (Å²) in [7, 11) is 0. The van der Waals surface area contributed by atoms with E-state index >= 15 is 0 Å². The molecule has 0 heterocycles. The Morgan fingerprint density at radius 3 is 1.69 bits per heavy atom. The second-order valence-corrected chi connectivity index (χ2v) is 11.2. The second kappa shape index (κ2) is 30.0. The van der Waals surface area contributed by atoms with Gasteiger partial charge in [0.05, 0.1) is 6.10 Å². The Bertz CT molecular complexity index is 793. The maximum absolute atomic E-state index is 11.9. The zero-order chi connectivity index (χ0) is 31.1. The molecule has 0 saturated heterocycles. The van der Waals surface area contributed by atoms with Crippen molar-refractivity contribution < 1.29 is 29.3 Å². The van der Waals surface area contributed by atoms with E-state index in [1.54, 1.807) is 6.08 Å². The van der Waals surface area contributed by atoms with E-state index in [2.05, 4.69) is 57.2 Å². The molecule has 2 N–H and O–H groups in total. The highest BCUT2D eigenvalue weighted by molar-refractivity contribution is 5.69. The quantitative estimate of drug-likeness (QED) is 0.0433. The number of ether oxygens (including phenoxy) is 2. The van der Waals surface area contributed by atoms with Crippen LogP contribution in [0.25, 0.3) is 0 Å². The Hall–Kier alpha value is -2.44. The van der Waals surface area contributed by atoms with Crippen LogP contribution in [0.15, 0.2) is 60.8 Å². The van der Waals surface area contributed by atoms with Crippen molar-refractivity contribution in [2.45, 2.75) is 136 Å². The van der Waals surface area contributed by atoms with Gasteiger partial charge in [-0.25, -0.2) is 0 Å². The van der Waals surface area contributed by atoms with Gasteiger partial charge in [-0.3, -0.25) is 9.59 Å². The minimum atomic E-state index is -1.04. The number of carbonyl (C=O) groups is 2. The van der Waals surface area contributed by atoms with Gasteiger partial charge in [0.25, 0.3) is 0 Å². The van der Waals surface area contributed by atoms with Crippen molar-refractivity contribution in [3.63, 3.8) is 0 Å². The van der Waals surface area contributed by atoms with Crippen LogP contribution in [0.4, 0.5) is 0 Å². The highest BCUT2D eigenvalue weighted by Crippen LogP contribution is 2.13. The number of unbranched alkanes of at least 4 members (excludes halogenated alkanes) is 6. The van der Waals surface area contributed by atoms with Gasteiger partial charge in [0.2, 0.25) is 0 Å². The minimum absolute atomic E-state index is 0.152. The normalized spacial score (nSPS) is 13.9. The van der Waals surface area contributed by atoms with Crippen LogP contribution in [0.3, 0.4) is 0 Å². The highest BCUT2D eigenvalue weighted by Gasteiger charge is 2.12. The van der Waals surface area contributed by atoms with Crippen LogP contribution in [0.1, 0.15) is 124 Å². The lowest BCUT2D eigenvalue weighted by atomic mass is 10.0. The number of hydrogen-bond acceptors (Lipinski definition) is 6. The first-order valence-corrected chi connectivity index (χ1v) is 16.3. The molecule has 240 valence electrons. The van der Waals surface area contributed by atoms with Crippen LogP contribution in [0, 0.1) is 5.92 Å². The van der Waals surface area contributed by atoms with Gasteiger partial charge in [0, 0.05) is 12.8 Å². The SMILES string of the molecule is CC/C=C\C/C=C\C/C=C\C/C=C\C=C\C(O)CCCC(=O)OC[C@H](O)COC(=O)CCCCCCCCCC(C)C. The van der Waals surface area contributed by atoms with E-state index in [0.29, 0.717) is 19.3 Å². The molecule has 0 amide bonds. The van der Waals surface area contributed by atoms with E-state index in [1.807, 2.05) is 18.2 Å². The summed E-state index contributed by atoms with van der Waals surface area (Å²) in [5, 5.41) is 20.0. The fraction of sp³-hybridized carbons (Fsp3) is 0.667. The number of esters is 2. The lowest BCUT2D eigenvalue weighted by Gasteiger charge is -2.12. The molecule has 6 heteroatoms. The van der Waals surface area contributed by atoms with Gasteiger partial charge in [-0.2, -0.15) is 0 Å². The summed E-state index contributed by atoms with van der Waals surface area (Å²) in [5.41, 5.74) is 0. The highest BCUT2D eigenvalue weighted by atomic mass is 16.6. The lowest BCUT2D eigenvalue weighted by Crippen LogP contribution is -2.25. The smallest absolute Gasteiger partial charge is 0.305 e. The molecule has 0 saturated carbocycles. The average Bonchev–Trinajstić information content (AvgIpc) is 2.96. The zero-order valence-corrected chi connectivity index (χ0v) is 26.8. The molecule has 0 radical (unpaired) electrons. The predicted molar refractivity (Wildman–Crippen MR) is 174 cm³/mol. The van der Waals surface area contributed by atoms with Crippen molar-refractivity contribution in [2.75, 3.05) is 13.2 Å². The molecule has 0 aliphatic rings. The van der Waals surface area contributed by atoms with Crippen LogP contribution in [0.2, 0.25) is 0 Å². The molecule has 0 aliphatic carbocycles. The van der Waals surface area contributed by atoms with Crippen molar-refractivity contribution in [1.29, 1.82) is 0 Å². The van der Waals surface area contributed by atoms with Crippen LogP contribution in [-0.2, 0) is 19.1 Å². The fourth-order valence-electron chi connectivity index (χ4n) is 4.06. The Morgan fingerprint density at radius 2 is 1.12 bits per heavy atom. The first-order chi connectivity index (χ1) is 20.3. The van der Waals surface area contributed by atoms with Gasteiger partial charge in [0.1, 0.15) is 19.3 Å². The third-order valence-electron chi connectivity index (χ3n) is 6.55. The summed E-state index contributed by atoms with van der Waals surface area (Å²) in [6, 6.07) is 0. The fourth-order valence-corrected chi connectivity index (χ4v) is 4.06. The number of hydrogen-bond donors (Lipinski definition) is 2. The summed E-state index contributed by atoms with van der Waals surface area (Å²) >= 11 is 0. The van der Waals surface area contributed by atoms with Gasteiger partial charge < -0.3 is 19.7 Å². The summed E-state index contributed by atoms with van der Waals surface area (Å²) in [5.74, 6) is 0.00634. The first kappa shape index (κ1) is 39.6. The van der Waals surface area contributed by atoms with E-state index in [4.69, 9.17) is 9.47 Å². The van der Waals surface area contributed by atoms with Crippen molar-refractivity contribution in [2.24, 2.45) is 5.92 Å². The van der Waals surface area contributed by atoms with Crippen LogP contribution in [-0.4, -0.2) is 47.6 Å². The monoisotopic (exact) mass is 588 g/mol. The predicted octanol–water partition coefficient (Wildman–Crippen LogP) is 8.49. The molecule has 0 aromatic carbocycles. The third kappa shape index (κ3) is 30.5. The summed E-state index contributed by atoms with van der Waals surface area (Å²) < 4.78 is 10.2. The molecule has 0 aliphatic heterocycles. The second-order valence-electron chi connectivity index (χ2n) is 11.2.